The summed E-state index contributed by atoms with van der Waals surface area (Å²) in [7, 11) is 0. The van der Waals surface area contributed by atoms with E-state index in [0.717, 1.165) is 36.5 Å². The quantitative estimate of drug-likeness (QED) is 0.803. The van der Waals surface area contributed by atoms with Crippen LogP contribution in [0.4, 0.5) is 0 Å². The molecule has 1 aromatic rings. The van der Waals surface area contributed by atoms with E-state index in [2.05, 4.69) is 22.1 Å². The van der Waals surface area contributed by atoms with Gasteiger partial charge in [-0.1, -0.05) is 6.42 Å². The number of nitrogens with one attached hydrogen (secondary N) is 1. The molecule has 1 aliphatic heterocycles. The number of nitrogens with zero attached hydrogens (tertiary/aromatic N) is 2. The highest BCUT2D eigenvalue weighted by molar-refractivity contribution is 5.05. The van der Waals surface area contributed by atoms with E-state index in [-0.39, 0.29) is 0 Å². The lowest BCUT2D eigenvalue weighted by molar-refractivity contribution is 0.158. The van der Waals surface area contributed by atoms with E-state index in [1.165, 1.54) is 38.8 Å². The molecular weight excluding hydrogens is 238 g/mol. The van der Waals surface area contributed by atoms with Gasteiger partial charge in [0.2, 0.25) is 5.89 Å². The molecule has 2 rings (SSSR count). The normalized spacial score (nSPS) is 20.9. The van der Waals surface area contributed by atoms with E-state index in [1.54, 1.807) is 0 Å². The van der Waals surface area contributed by atoms with Gasteiger partial charge in [0, 0.05) is 6.04 Å². The molecule has 1 aliphatic rings. The molecular formula is C15H27N3O. The standard InChI is InChI=1S/C15H27N3O/c1-12-7-4-5-9-18(12)10-6-8-16-11-15-17-13(2)14(3)19-15/h12,16H,4-11H2,1-3H3. The molecule has 1 N–H and O–H groups in total. The molecule has 0 amide bonds. The second kappa shape index (κ2) is 7.06. The highest BCUT2D eigenvalue weighted by Gasteiger charge is 2.16. The molecule has 1 atom stereocenters. The van der Waals surface area contributed by atoms with Gasteiger partial charge in [0.15, 0.2) is 0 Å². The maximum Gasteiger partial charge on any atom is 0.208 e. The number of rotatable bonds is 6. The average molecular weight is 265 g/mol. The van der Waals surface area contributed by atoms with Crippen LogP contribution in [0.2, 0.25) is 0 Å². The van der Waals surface area contributed by atoms with Gasteiger partial charge in [-0.05, 0) is 59.7 Å². The monoisotopic (exact) mass is 265 g/mol. The topological polar surface area (TPSA) is 41.3 Å². The molecule has 1 aromatic heterocycles. The third-order valence-electron chi connectivity index (χ3n) is 4.09. The van der Waals surface area contributed by atoms with Crippen molar-refractivity contribution in [2.45, 2.75) is 59.0 Å². The number of aromatic nitrogens is 1. The van der Waals surface area contributed by atoms with Gasteiger partial charge in [0.25, 0.3) is 0 Å². The van der Waals surface area contributed by atoms with Crippen LogP contribution < -0.4 is 5.32 Å². The second-order valence-electron chi connectivity index (χ2n) is 5.66. The van der Waals surface area contributed by atoms with Crippen LogP contribution in [0, 0.1) is 13.8 Å². The van der Waals surface area contributed by atoms with Crippen molar-refractivity contribution in [2.24, 2.45) is 0 Å². The first kappa shape index (κ1) is 14.5. The van der Waals surface area contributed by atoms with Crippen LogP contribution >= 0.6 is 0 Å². The van der Waals surface area contributed by atoms with Gasteiger partial charge in [-0.2, -0.15) is 0 Å². The third-order valence-corrected chi connectivity index (χ3v) is 4.09. The summed E-state index contributed by atoms with van der Waals surface area (Å²) in [4.78, 5) is 6.99. The van der Waals surface area contributed by atoms with Crippen molar-refractivity contribution in [3.63, 3.8) is 0 Å². The van der Waals surface area contributed by atoms with E-state index in [9.17, 15) is 0 Å². The van der Waals surface area contributed by atoms with Crippen molar-refractivity contribution in [2.75, 3.05) is 19.6 Å². The van der Waals surface area contributed by atoms with E-state index in [1.807, 2.05) is 13.8 Å². The van der Waals surface area contributed by atoms with Crippen molar-refractivity contribution in [3.05, 3.63) is 17.3 Å². The van der Waals surface area contributed by atoms with E-state index >= 15 is 0 Å². The van der Waals surface area contributed by atoms with Gasteiger partial charge >= 0.3 is 0 Å². The molecule has 1 unspecified atom stereocenters. The first-order valence-corrected chi connectivity index (χ1v) is 7.54. The SMILES string of the molecule is Cc1nc(CNCCCN2CCCCC2C)oc1C. The Balaban J connectivity index is 1.59. The number of aryl methyl sites for hydroxylation is 2. The average Bonchev–Trinajstić information content (AvgIpc) is 2.70. The highest BCUT2D eigenvalue weighted by atomic mass is 16.4. The minimum atomic E-state index is 0.740. The van der Waals surface area contributed by atoms with Crippen LogP contribution in [-0.4, -0.2) is 35.6 Å². The maximum atomic E-state index is 5.54. The lowest BCUT2D eigenvalue weighted by Gasteiger charge is -2.33. The van der Waals surface area contributed by atoms with Gasteiger partial charge in [-0.3, -0.25) is 0 Å². The van der Waals surface area contributed by atoms with Crippen LogP contribution in [-0.2, 0) is 6.54 Å². The Labute approximate surface area is 116 Å². The molecule has 4 heteroatoms. The minimum absolute atomic E-state index is 0.740. The van der Waals surface area contributed by atoms with Crippen molar-refractivity contribution in [3.8, 4) is 0 Å². The predicted molar refractivity (Wildman–Crippen MR) is 77.2 cm³/mol. The summed E-state index contributed by atoms with van der Waals surface area (Å²) in [6, 6.07) is 0.769. The Morgan fingerprint density at radius 1 is 1.37 bits per heavy atom. The Morgan fingerprint density at radius 3 is 2.89 bits per heavy atom. The van der Waals surface area contributed by atoms with Crippen molar-refractivity contribution in [1.82, 2.24) is 15.2 Å². The van der Waals surface area contributed by atoms with Gasteiger partial charge in [-0.25, -0.2) is 4.98 Å². The smallest absolute Gasteiger partial charge is 0.208 e. The molecule has 4 nitrogen and oxygen atoms in total. The molecule has 0 aliphatic carbocycles. The molecule has 0 aromatic carbocycles. The van der Waals surface area contributed by atoms with Crippen LogP contribution in [0.3, 0.4) is 0 Å². The molecule has 0 bridgehead atoms. The fourth-order valence-electron chi connectivity index (χ4n) is 2.71. The first-order chi connectivity index (χ1) is 9.16. The van der Waals surface area contributed by atoms with Crippen LogP contribution in [0.1, 0.15) is 50.0 Å². The van der Waals surface area contributed by atoms with Crippen LogP contribution in [0.15, 0.2) is 4.42 Å². The molecule has 19 heavy (non-hydrogen) atoms. The second-order valence-corrected chi connectivity index (χ2v) is 5.66. The highest BCUT2D eigenvalue weighted by Crippen LogP contribution is 2.16. The number of piperidine rings is 1. The number of hydrogen-bond donors (Lipinski definition) is 1. The maximum absolute atomic E-state index is 5.54. The Kier molecular flexibility index (Phi) is 5.40. The summed E-state index contributed by atoms with van der Waals surface area (Å²) in [5.74, 6) is 1.74. The lowest BCUT2D eigenvalue weighted by atomic mass is 10.0. The van der Waals surface area contributed by atoms with Gasteiger partial charge in [0.05, 0.1) is 12.2 Å². The largest absolute Gasteiger partial charge is 0.444 e. The van der Waals surface area contributed by atoms with E-state index < -0.39 is 0 Å². The van der Waals surface area contributed by atoms with Crippen molar-refractivity contribution >= 4 is 0 Å². The lowest BCUT2D eigenvalue weighted by Crippen LogP contribution is -2.38. The Morgan fingerprint density at radius 2 is 2.21 bits per heavy atom. The summed E-state index contributed by atoms with van der Waals surface area (Å²) < 4.78 is 5.54. The van der Waals surface area contributed by atoms with Crippen LogP contribution in [0.25, 0.3) is 0 Å². The molecule has 1 saturated heterocycles. The van der Waals surface area contributed by atoms with E-state index in [0.29, 0.717) is 0 Å². The summed E-state index contributed by atoms with van der Waals surface area (Å²) >= 11 is 0. The zero-order valence-corrected chi connectivity index (χ0v) is 12.5. The fraction of sp³-hybridized carbons (Fsp3) is 0.800. The predicted octanol–water partition coefficient (Wildman–Crippen LogP) is 2.65. The summed E-state index contributed by atoms with van der Waals surface area (Å²) in [6.07, 6.45) is 5.33. The molecule has 1 fully saturated rings. The minimum Gasteiger partial charge on any atom is -0.444 e. The van der Waals surface area contributed by atoms with E-state index in [4.69, 9.17) is 4.42 Å². The molecule has 0 spiro atoms. The van der Waals surface area contributed by atoms with Gasteiger partial charge in [-0.15, -0.1) is 0 Å². The third kappa shape index (κ3) is 4.32. The number of likely N-dealkylation sites (tertiary alicyclic amines) is 1. The van der Waals surface area contributed by atoms with Gasteiger partial charge < -0.3 is 14.6 Å². The fourth-order valence-corrected chi connectivity index (χ4v) is 2.71. The van der Waals surface area contributed by atoms with Gasteiger partial charge in [0.1, 0.15) is 5.76 Å². The number of oxazole rings is 1. The summed E-state index contributed by atoms with van der Waals surface area (Å²) in [5.41, 5.74) is 0.999. The zero-order valence-electron chi connectivity index (χ0n) is 12.5. The summed E-state index contributed by atoms with van der Waals surface area (Å²) in [6.45, 7) is 10.6. The first-order valence-electron chi connectivity index (χ1n) is 7.54. The Bertz CT molecular complexity index is 369. The zero-order chi connectivity index (χ0) is 13.7. The molecule has 0 radical (unpaired) electrons. The van der Waals surface area contributed by atoms with Crippen molar-refractivity contribution < 1.29 is 4.42 Å². The Hall–Kier alpha value is -0.870. The number of hydrogen-bond acceptors (Lipinski definition) is 4. The van der Waals surface area contributed by atoms with Crippen LogP contribution in [0.5, 0.6) is 0 Å². The molecule has 108 valence electrons. The summed E-state index contributed by atoms with van der Waals surface area (Å²) in [5, 5.41) is 3.41. The molecule has 2 heterocycles. The molecule has 0 saturated carbocycles. The van der Waals surface area contributed by atoms with Crippen molar-refractivity contribution in [1.29, 1.82) is 0 Å².